The van der Waals surface area contributed by atoms with Crippen molar-refractivity contribution >= 4 is 5.88 Å². The van der Waals surface area contributed by atoms with Crippen molar-refractivity contribution in [2.45, 2.75) is 20.3 Å². The molecule has 0 saturated heterocycles. The zero-order valence-electron chi connectivity index (χ0n) is 12.3. The van der Waals surface area contributed by atoms with Gasteiger partial charge in [0, 0.05) is 5.56 Å². The van der Waals surface area contributed by atoms with E-state index in [4.69, 9.17) is 10.3 Å². The van der Waals surface area contributed by atoms with E-state index in [1.807, 2.05) is 24.3 Å². The lowest BCUT2D eigenvalue weighted by Gasteiger charge is -2.09. The third-order valence-corrected chi connectivity index (χ3v) is 3.79. The molecule has 106 valence electrons. The molecule has 0 unspecified atom stereocenters. The fourth-order valence-corrected chi connectivity index (χ4v) is 2.66. The van der Waals surface area contributed by atoms with Crippen LogP contribution in [-0.4, -0.2) is 5.16 Å². The third-order valence-electron chi connectivity index (χ3n) is 3.79. The maximum Gasteiger partial charge on any atom is 0.230 e. The lowest BCUT2D eigenvalue weighted by molar-refractivity contribution is 0.439. The quantitative estimate of drug-likeness (QED) is 0.769. The predicted molar refractivity (Wildman–Crippen MR) is 85.9 cm³/mol. The number of nitrogens with two attached hydrogens (primary N) is 1. The van der Waals surface area contributed by atoms with Gasteiger partial charge in [0.05, 0.1) is 5.56 Å². The normalized spacial score (nSPS) is 10.8. The van der Waals surface area contributed by atoms with Crippen LogP contribution in [-0.2, 0) is 6.42 Å². The van der Waals surface area contributed by atoms with Gasteiger partial charge >= 0.3 is 0 Å². The van der Waals surface area contributed by atoms with Crippen LogP contribution in [0.4, 0.5) is 5.88 Å². The third kappa shape index (κ3) is 2.31. The first kappa shape index (κ1) is 13.4. The molecule has 1 heterocycles. The Morgan fingerprint density at radius 1 is 1.00 bits per heavy atom. The lowest BCUT2D eigenvalue weighted by Crippen LogP contribution is -1.92. The molecule has 2 aromatic carbocycles. The molecule has 3 rings (SSSR count). The van der Waals surface area contributed by atoms with Crippen LogP contribution in [0.1, 0.15) is 18.1 Å². The summed E-state index contributed by atoms with van der Waals surface area (Å²) in [4.78, 5) is 0. The molecule has 0 amide bonds. The average Bonchev–Trinajstić information content (AvgIpc) is 2.89. The summed E-state index contributed by atoms with van der Waals surface area (Å²) in [5.74, 6) is 0.366. The Kier molecular flexibility index (Phi) is 3.48. The molecule has 0 aliphatic carbocycles. The first-order valence-electron chi connectivity index (χ1n) is 7.11. The summed E-state index contributed by atoms with van der Waals surface area (Å²) in [5, 5.41) is 4.21. The van der Waals surface area contributed by atoms with E-state index < -0.39 is 0 Å². The molecular weight excluding hydrogens is 260 g/mol. The highest BCUT2D eigenvalue weighted by Gasteiger charge is 2.20. The summed E-state index contributed by atoms with van der Waals surface area (Å²) in [6.07, 6.45) is 0.941. The molecular formula is C18H18N2O. The maximum absolute atomic E-state index is 6.04. The van der Waals surface area contributed by atoms with Crippen LogP contribution in [0.2, 0.25) is 0 Å². The fraction of sp³-hybridized carbons (Fsp3) is 0.167. The van der Waals surface area contributed by atoms with Crippen LogP contribution in [0, 0.1) is 6.92 Å². The molecule has 0 fully saturated rings. The van der Waals surface area contributed by atoms with Gasteiger partial charge < -0.3 is 10.3 Å². The van der Waals surface area contributed by atoms with Crippen molar-refractivity contribution in [2.75, 3.05) is 5.73 Å². The number of benzene rings is 2. The van der Waals surface area contributed by atoms with E-state index in [0.29, 0.717) is 5.88 Å². The molecule has 1 aromatic heterocycles. The molecule has 2 N–H and O–H groups in total. The van der Waals surface area contributed by atoms with Gasteiger partial charge in [-0.15, -0.1) is 0 Å². The fourth-order valence-electron chi connectivity index (χ4n) is 2.66. The summed E-state index contributed by atoms with van der Waals surface area (Å²) in [6.45, 7) is 4.20. The van der Waals surface area contributed by atoms with E-state index in [1.165, 1.54) is 5.56 Å². The molecule has 0 spiro atoms. The maximum atomic E-state index is 6.04. The molecule has 0 bridgehead atoms. The molecule has 0 aliphatic heterocycles. The van der Waals surface area contributed by atoms with Crippen molar-refractivity contribution in [3.63, 3.8) is 0 Å². The molecule has 0 saturated carbocycles. The number of hydrogen-bond acceptors (Lipinski definition) is 3. The lowest BCUT2D eigenvalue weighted by atomic mass is 9.94. The summed E-state index contributed by atoms with van der Waals surface area (Å²) in [5.41, 5.74) is 12.3. The largest absolute Gasteiger partial charge is 0.367 e. The van der Waals surface area contributed by atoms with Gasteiger partial charge in [-0.1, -0.05) is 60.6 Å². The number of aromatic nitrogens is 1. The number of hydrogen-bond donors (Lipinski definition) is 1. The first-order valence-corrected chi connectivity index (χ1v) is 7.11. The predicted octanol–water partition coefficient (Wildman–Crippen LogP) is 4.46. The van der Waals surface area contributed by atoms with Crippen LogP contribution >= 0.6 is 0 Å². The summed E-state index contributed by atoms with van der Waals surface area (Å²) in [6, 6.07) is 16.4. The highest BCUT2D eigenvalue weighted by molar-refractivity contribution is 5.89. The second-order valence-electron chi connectivity index (χ2n) is 5.10. The van der Waals surface area contributed by atoms with E-state index in [-0.39, 0.29) is 0 Å². The van der Waals surface area contributed by atoms with Gasteiger partial charge in [0.1, 0.15) is 5.69 Å². The Balaban J connectivity index is 2.25. The smallest absolute Gasteiger partial charge is 0.230 e. The molecule has 0 atom stereocenters. The van der Waals surface area contributed by atoms with Crippen molar-refractivity contribution in [1.29, 1.82) is 0 Å². The summed E-state index contributed by atoms with van der Waals surface area (Å²) < 4.78 is 5.29. The molecule has 3 heteroatoms. The topological polar surface area (TPSA) is 52.0 Å². The number of anilines is 1. The van der Waals surface area contributed by atoms with Gasteiger partial charge in [-0.2, -0.15) is 0 Å². The van der Waals surface area contributed by atoms with E-state index in [0.717, 1.165) is 34.4 Å². The second-order valence-corrected chi connectivity index (χ2v) is 5.10. The Labute approximate surface area is 124 Å². The van der Waals surface area contributed by atoms with Crippen molar-refractivity contribution in [1.82, 2.24) is 5.16 Å². The first-order chi connectivity index (χ1) is 10.2. The zero-order valence-corrected chi connectivity index (χ0v) is 12.3. The summed E-state index contributed by atoms with van der Waals surface area (Å²) >= 11 is 0. The van der Waals surface area contributed by atoms with E-state index >= 15 is 0 Å². The second kappa shape index (κ2) is 5.44. The van der Waals surface area contributed by atoms with Crippen LogP contribution in [0.15, 0.2) is 53.1 Å². The minimum absolute atomic E-state index is 0.366. The van der Waals surface area contributed by atoms with Gasteiger partial charge in [0.2, 0.25) is 5.88 Å². The number of nitrogens with zero attached hydrogens (tertiary/aromatic N) is 1. The zero-order chi connectivity index (χ0) is 14.8. The standard InChI is InChI=1S/C18H18N2O/c1-3-13-9-5-7-11-15(13)17-16(18(19)21-20-17)14-10-6-4-8-12(14)2/h4-11H,3,19H2,1-2H3. The highest BCUT2D eigenvalue weighted by atomic mass is 16.5. The van der Waals surface area contributed by atoms with Crippen LogP contribution < -0.4 is 5.73 Å². The van der Waals surface area contributed by atoms with Gasteiger partial charge in [-0.25, -0.2) is 0 Å². The number of rotatable bonds is 3. The van der Waals surface area contributed by atoms with Gasteiger partial charge in [0.15, 0.2) is 0 Å². The van der Waals surface area contributed by atoms with Gasteiger partial charge in [-0.05, 0) is 30.0 Å². The van der Waals surface area contributed by atoms with Crippen molar-refractivity contribution < 1.29 is 4.52 Å². The Hall–Kier alpha value is -2.55. The van der Waals surface area contributed by atoms with Crippen molar-refractivity contribution in [3.8, 4) is 22.4 Å². The molecule has 3 nitrogen and oxygen atoms in total. The van der Waals surface area contributed by atoms with Crippen LogP contribution in [0.3, 0.4) is 0 Å². The van der Waals surface area contributed by atoms with E-state index in [9.17, 15) is 0 Å². The van der Waals surface area contributed by atoms with E-state index in [2.05, 4.69) is 43.3 Å². The Bertz CT molecular complexity index is 774. The molecule has 3 aromatic rings. The van der Waals surface area contributed by atoms with Crippen LogP contribution in [0.5, 0.6) is 0 Å². The minimum atomic E-state index is 0.366. The van der Waals surface area contributed by atoms with Crippen molar-refractivity contribution in [2.24, 2.45) is 0 Å². The van der Waals surface area contributed by atoms with E-state index in [1.54, 1.807) is 0 Å². The molecule has 0 radical (unpaired) electrons. The average molecular weight is 278 g/mol. The molecule has 21 heavy (non-hydrogen) atoms. The monoisotopic (exact) mass is 278 g/mol. The minimum Gasteiger partial charge on any atom is -0.367 e. The van der Waals surface area contributed by atoms with Crippen molar-refractivity contribution in [3.05, 3.63) is 59.7 Å². The Morgan fingerprint density at radius 3 is 2.38 bits per heavy atom. The van der Waals surface area contributed by atoms with Gasteiger partial charge in [-0.3, -0.25) is 0 Å². The molecule has 0 aliphatic rings. The van der Waals surface area contributed by atoms with Crippen LogP contribution in [0.25, 0.3) is 22.4 Å². The highest BCUT2D eigenvalue weighted by Crippen LogP contribution is 2.38. The summed E-state index contributed by atoms with van der Waals surface area (Å²) in [7, 11) is 0. The Morgan fingerprint density at radius 2 is 1.67 bits per heavy atom. The number of nitrogen functional groups attached to an aromatic ring is 1. The number of aryl methyl sites for hydroxylation is 2. The SMILES string of the molecule is CCc1ccccc1-c1noc(N)c1-c1ccccc1C. The van der Waals surface area contributed by atoms with Gasteiger partial charge in [0.25, 0.3) is 0 Å².